The summed E-state index contributed by atoms with van der Waals surface area (Å²) in [6.45, 7) is 2.27. The fraction of sp³-hybridized carbons (Fsp3) is 0.529. The molecule has 1 fully saturated rings. The molecule has 0 radical (unpaired) electrons. The van der Waals surface area contributed by atoms with Crippen LogP contribution < -0.4 is 10.6 Å². The Labute approximate surface area is 152 Å². The van der Waals surface area contributed by atoms with Gasteiger partial charge in [0.2, 0.25) is 0 Å². The van der Waals surface area contributed by atoms with E-state index in [0.717, 1.165) is 25.8 Å². The van der Waals surface area contributed by atoms with Crippen LogP contribution >= 0.6 is 11.6 Å². The van der Waals surface area contributed by atoms with Crippen molar-refractivity contribution in [2.75, 3.05) is 38.7 Å². The standard InChI is InChI=1S/C17H24ClN3O4/c1-25-16(23)14-6-5-12(10-15(14)18)20-17(24)19-7-9-21-8-3-2-4-13(21)11-22/h5-6,10,13,22H,2-4,7-9,11H2,1H3,(H2,19,20,24)/t13-/m1/s1. The van der Waals surface area contributed by atoms with E-state index in [-0.39, 0.29) is 29.3 Å². The van der Waals surface area contributed by atoms with Crippen molar-refractivity contribution in [1.82, 2.24) is 10.2 Å². The van der Waals surface area contributed by atoms with Gasteiger partial charge in [-0.3, -0.25) is 4.90 Å². The van der Waals surface area contributed by atoms with Crippen molar-refractivity contribution in [3.63, 3.8) is 0 Å². The maximum atomic E-state index is 12.0. The molecule has 1 aliphatic heterocycles. The SMILES string of the molecule is COC(=O)c1ccc(NC(=O)NCCN2CCCC[C@@H]2CO)cc1Cl. The molecule has 0 unspecified atom stereocenters. The number of piperidine rings is 1. The van der Waals surface area contributed by atoms with Crippen molar-refractivity contribution in [2.24, 2.45) is 0 Å². The lowest BCUT2D eigenvalue weighted by Crippen LogP contribution is -2.46. The molecule has 1 aromatic carbocycles. The molecule has 2 amide bonds. The van der Waals surface area contributed by atoms with E-state index in [4.69, 9.17) is 11.6 Å². The first-order valence-electron chi connectivity index (χ1n) is 8.32. The van der Waals surface area contributed by atoms with E-state index in [9.17, 15) is 14.7 Å². The Morgan fingerprint density at radius 3 is 2.88 bits per heavy atom. The Balaban J connectivity index is 1.80. The topological polar surface area (TPSA) is 90.9 Å². The van der Waals surface area contributed by atoms with Crippen LogP contribution in [0.15, 0.2) is 18.2 Å². The summed E-state index contributed by atoms with van der Waals surface area (Å²) >= 11 is 6.02. The Morgan fingerprint density at radius 1 is 1.40 bits per heavy atom. The first-order chi connectivity index (χ1) is 12.0. The average molecular weight is 370 g/mol. The van der Waals surface area contributed by atoms with Crippen molar-refractivity contribution in [3.05, 3.63) is 28.8 Å². The molecule has 8 heteroatoms. The minimum Gasteiger partial charge on any atom is -0.465 e. The number of nitrogens with one attached hydrogen (secondary N) is 2. The number of amides is 2. The number of ether oxygens (including phenoxy) is 1. The number of aliphatic hydroxyl groups excluding tert-OH is 1. The summed E-state index contributed by atoms with van der Waals surface area (Å²) in [7, 11) is 1.28. The molecular formula is C17H24ClN3O4. The lowest BCUT2D eigenvalue weighted by atomic mass is 10.0. The molecule has 2 rings (SSSR count). The van der Waals surface area contributed by atoms with Crippen LogP contribution in [0.2, 0.25) is 5.02 Å². The predicted octanol–water partition coefficient (Wildman–Crippen LogP) is 2.09. The number of aliphatic hydroxyl groups is 1. The Bertz CT molecular complexity index is 612. The highest BCUT2D eigenvalue weighted by atomic mass is 35.5. The number of urea groups is 1. The van der Waals surface area contributed by atoms with Gasteiger partial charge in [0.1, 0.15) is 0 Å². The minimum absolute atomic E-state index is 0.150. The van der Waals surface area contributed by atoms with Crippen LogP contribution in [0.4, 0.5) is 10.5 Å². The van der Waals surface area contributed by atoms with Gasteiger partial charge in [0, 0.05) is 24.8 Å². The van der Waals surface area contributed by atoms with Gasteiger partial charge in [-0.2, -0.15) is 0 Å². The van der Waals surface area contributed by atoms with E-state index < -0.39 is 5.97 Å². The molecule has 1 aromatic rings. The monoisotopic (exact) mass is 369 g/mol. The van der Waals surface area contributed by atoms with Crippen LogP contribution in [0.5, 0.6) is 0 Å². The molecule has 1 heterocycles. The molecule has 0 bridgehead atoms. The van der Waals surface area contributed by atoms with Crippen molar-refractivity contribution in [3.8, 4) is 0 Å². The molecule has 0 spiro atoms. The normalized spacial score (nSPS) is 17.8. The van der Waals surface area contributed by atoms with Crippen molar-refractivity contribution in [1.29, 1.82) is 0 Å². The predicted molar refractivity (Wildman–Crippen MR) is 96.1 cm³/mol. The quantitative estimate of drug-likeness (QED) is 0.668. The van der Waals surface area contributed by atoms with Crippen LogP contribution in [0.1, 0.15) is 29.6 Å². The molecule has 1 saturated heterocycles. The number of carbonyl (C=O) groups is 2. The third kappa shape index (κ3) is 5.59. The van der Waals surface area contributed by atoms with Crippen LogP contribution in [0.25, 0.3) is 0 Å². The maximum absolute atomic E-state index is 12.0. The van der Waals surface area contributed by atoms with Gasteiger partial charge < -0.3 is 20.5 Å². The smallest absolute Gasteiger partial charge is 0.339 e. The number of anilines is 1. The van der Waals surface area contributed by atoms with Crippen molar-refractivity contribution >= 4 is 29.3 Å². The first-order valence-corrected chi connectivity index (χ1v) is 8.70. The molecule has 0 saturated carbocycles. The molecule has 138 valence electrons. The fourth-order valence-electron chi connectivity index (χ4n) is 2.92. The van der Waals surface area contributed by atoms with E-state index in [1.165, 1.54) is 19.2 Å². The molecule has 7 nitrogen and oxygen atoms in total. The Kier molecular flexibility index (Phi) is 7.49. The number of rotatable bonds is 6. The molecule has 3 N–H and O–H groups in total. The van der Waals surface area contributed by atoms with Gasteiger partial charge in [-0.05, 0) is 37.6 Å². The van der Waals surface area contributed by atoms with Crippen LogP contribution in [-0.4, -0.2) is 61.4 Å². The van der Waals surface area contributed by atoms with E-state index >= 15 is 0 Å². The number of hydrogen-bond donors (Lipinski definition) is 3. The maximum Gasteiger partial charge on any atom is 0.339 e. The third-order valence-corrected chi connectivity index (χ3v) is 4.59. The van der Waals surface area contributed by atoms with Crippen molar-refractivity contribution < 1.29 is 19.4 Å². The minimum atomic E-state index is -0.527. The van der Waals surface area contributed by atoms with Gasteiger partial charge in [-0.25, -0.2) is 9.59 Å². The summed E-state index contributed by atoms with van der Waals surface area (Å²) in [6, 6.07) is 4.43. The number of likely N-dealkylation sites (tertiary alicyclic amines) is 1. The average Bonchev–Trinajstić information content (AvgIpc) is 2.61. The van der Waals surface area contributed by atoms with Crippen LogP contribution in [-0.2, 0) is 4.74 Å². The third-order valence-electron chi connectivity index (χ3n) is 4.28. The van der Waals surface area contributed by atoms with Gasteiger partial charge in [0.25, 0.3) is 0 Å². The Hall–Kier alpha value is -1.83. The van der Waals surface area contributed by atoms with E-state index in [0.29, 0.717) is 18.8 Å². The van der Waals surface area contributed by atoms with Crippen molar-refractivity contribution in [2.45, 2.75) is 25.3 Å². The number of esters is 1. The van der Waals surface area contributed by atoms with Gasteiger partial charge in [0.15, 0.2) is 0 Å². The molecule has 0 aromatic heterocycles. The zero-order chi connectivity index (χ0) is 18.2. The molecule has 25 heavy (non-hydrogen) atoms. The summed E-state index contributed by atoms with van der Waals surface area (Å²) in [4.78, 5) is 25.6. The second-order valence-corrected chi connectivity index (χ2v) is 6.34. The molecule has 1 aliphatic rings. The lowest BCUT2D eigenvalue weighted by Gasteiger charge is -2.34. The number of halogens is 1. The second-order valence-electron chi connectivity index (χ2n) is 5.94. The lowest BCUT2D eigenvalue weighted by molar-refractivity contribution is 0.0601. The largest absolute Gasteiger partial charge is 0.465 e. The second kappa shape index (κ2) is 9.60. The van der Waals surface area contributed by atoms with E-state index in [1.807, 2.05) is 0 Å². The van der Waals surface area contributed by atoms with Gasteiger partial charge in [-0.1, -0.05) is 18.0 Å². The zero-order valence-corrected chi connectivity index (χ0v) is 15.0. The van der Waals surface area contributed by atoms with E-state index in [2.05, 4.69) is 20.3 Å². The number of nitrogens with zero attached hydrogens (tertiary/aromatic N) is 1. The molecular weight excluding hydrogens is 346 g/mol. The molecule has 1 atom stereocenters. The van der Waals surface area contributed by atoms with Gasteiger partial charge >= 0.3 is 12.0 Å². The number of hydrogen-bond acceptors (Lipinski definition) is 5. The summed E-state index contributed by atoms with van der Waals surface area (Å²) in [5.74, 6) is -0.527. The summed E-state index contributed by atoms with van der Waals surface area (Å²) in [6.07, 6.45) is 3.25. The Morgan fingerprint density at radius 2 is 2.20 bits per heavy atom. The summed E-state index contributed by atoms with van der Waals surface area (Å²) in [5.41, 5.74) is 0.733. The van der Waals surface area contributed by atoms with Crippen LogP contribution in [0, 0.1) is 0 Å². The van der Waals surface area contributed by atoms with Gasteiger partial charge in [0.05, 0.1) is 24.3 Å². The number of benzene rings is 1. The highest BCUT2D eigenvalue weighted by Gasteiger charge is 2.21. The first kappa shape index (κ1) is 19.5. The zero-order valence-electron chi connectivity index (χ0n) is 14.3. The summed E-state index contributed by atoms with van der Waals surface area (Å²) < 4.78 is 4.62. The number of carbonyl (C=O) groups excluding carboxylic acids is 2. The fourth-order valence-corrected chi connectivity index (χ4v) is 3.18. The van der Waals surface area contributed by atoms with E-state index in [1.54, 1.807) is 6.07 Å². The number of methoxy groups -OCH3 is 1. The van der Waals surface area contributed by atoms with Gasteiger partial charge in [-0.15, -0.1) is 0 Å². The highest BCUT2D eigenvalue weighted by molar-refractivity contribution is 6.33. The summed E-state index contributed by atoms with van der Waals surface area (Å²) in [5, 5.41) is 15.1. The molecule has 0 aliphatic carbocycles. The highest BCUT2D eigenvalue weighted by Crippen LogP contribution is 2.21. The van der Waals surface area contributed by atoms with Crippen LogP contribution in [0.3, 0.4) is 0 Å².